The molecule has 0 saturated heterocycles. The third-order valence-electron chi connectivity index (χ3n) is 3.90. The number of benzene rings is 1. The maximum Gasteiger partial charge on any atom is 0.209 e. The van der Waals surface area contributed by atoms with Crippen LogP contribution in [0.5, 0.6) is 0 Å². The Bertz CT molecular complexity index is 1220. The van der Waals surface area contributed by atoms with Gasteiger partial charge in [0.15, 0.2) is 5.69 Å². The topological polar surface area (TPSA) is 89.4 Å². The van der Waals surface area contributed by atoms with Gasteiger partial charge in [0.05, 0.1) is 23.8 Å². The van der Waals surface area contributed by atoms with Crippen LogP contribution in [0.15, 0.2) is 71.9 Å². The summed E-state index contributed by atoms with van der Waals surface area (Å²) >= 11 is 0. The number of aromatic nitrogens is 5. The lowest BCUT2D eigenvalue weighted by Crippen LogP contribution is -2.15. The number of hydrogen-bond donors (Lipinski definition) is 0. The van der Waals surface area contributed by atoms with E-state index in [0.717, 1.165) is 0 Å². The lowest BCUT2D eigenvalue weighted by atomic mass is 10.2. The molecule has 1 aromatic carbocycles. The molecule has 3 heterocycles. The van der Waals surface area contributed by atoms with Crippen LogP contribution < -0.4 is 5.43 Å². The molecule has 0 aliphatic heterocycles. The van der Waals surface area contributed by atoms with Gasteiger partial charge in [0.25, 0.3) is 0 Å². The summed E-state index contributed by atoms with van der Waals surface area (Å²) < 4.78 is 17.0. The predicted molar refractivity (Wildman–Crippen MR) is 94.9 cm³/mol. The molecule has 0 N–H and O–H groups in total. The number of nitriles is 1. The molecule has 4 aromatic rings. The van der Waals surface area contributed by atoms with Crippen molar-refractivity contribution >= 4 is 0 Å². The molecule has 0 unspecified atom stereocenters. The van der Waals surface area contributed by atoms with Gasteiger partial charge in [-0.15, -0.1) is 0 Å². The Hall–Kier alpha value is -4.12. The number of pyridine rings is 1. The number of nitrogens with zero attached hydrogens (tertiary/aromatic N) is 6. The molecule has 3 aromatic heterocycles. The van der Waals surface area contributed by atoms with Gasteiger partial charge in [0.1, 0.15) is 23.3 Å². The molecule has 0 spiro atoms. The van der Waals surface area contributed by atoms with Gasteiger partial charge >= 0.3 is 0 Å². The van der Waals surface area contributed by atoms with Crippen LogP contribution in [0.2, 0.25) is 0 Å². The molecule has 7 nitrogen and oxygen atoms in total. The molecule has 8 heteroatoms. The zero-order chi connectivity index (χ0) is 18.8. The summed E-state index contributed by atoms with van der Waals surface area (Å²) in [7, 11) is 0. The maximum atomic E-state index is 14.2. The smallest absolute Gasteiger partial charge is 0.209 e. The molecule has 130 valence electrons. The third-order valence-corrected chi connectivity index (χ3v) is 3.90. The molecular weight excluding hydrogens is 347 g/mol. The molecular formula is C19H11FN6O. The van der Waals surface area contributed by atoms with Gasteiger partial charge in [-0.3, -0.25) is 4.79 Å². The Kier molecular flexibility index (Phi) is 4.03. The summed E-state index contributed by atoms with van der Waals surface area (Å²) in [4.78, 5) is 16.4. The number of rotatable bonds is 3. The van der Waals surface area contributed by atoms with E-state index in [1.54, 1.807) is 36.4 Å². The Balaban J connectivity index is 1.84. The van der Waals surface area contributed by atoms with Crippen LogP contribution in [0.3, 0.4) is 0 Å². The quantitative estimate of drug-likeness (QED) is 0.561. The normalized spacial score (nSPS) is 10.5. The van der Waals surface area contributed by atoms with Crippen molar-refractivity contribution in [1.29, 1.82) is 5.26 Å². The summed E-state index contributed by atoms with van der Waals surface area (Å²) in [6.45, 7) is 0. The zero-order valence-corrected chi connectivity index (χ0v) is 13.8. The highest BCUT2D eigenvalue weighted by Crippen LogP contribution is 2.20. The Morgan fingerprint density at radius 1 is 1.07 bits per heavy atom. The van der Waals surface area contributed by atoms with Crippen molar-refractivity contribution in [2.75, 3.05) is 0 Å². The Labute approximate surface area is 152 Å². The van der Waals surface area contributed by atoms with Crippen LogP contribution in [0.1, 0.15) is 5.69 Å². The van der Waals surface area contributed by atoms with Crippen LogP contribution >= 0.6 is 0 Å². The van der Waals surface area contributed by atoms with E-state index in [1.807, 2.05) is 6.07 Å². The Morgan fingerprint density at radius 3 is 2.67 bits per heavy atom. The second-order valence-corrected chi connectivity index (χ2v) is 5.57. The van der Waals surface area contributed by atoms with Gasteiger partial charge in [-0.2, -0.15) is 15.5 Å². The van der Waals surface area contributed by atoms with Gasteiger partial charge in [-0.05, 0) is 30.3 Å². The van der Waals surface area contributed by atoms with Crippen LogP contribution in [-0.4, -0.2) is 24.5 Å². The van der Waals surface area contributed by atoms with Crippen molar-refractivity contribution < 1.29 is 4.39 Å². The second kappa shape index (κ2) is 6.65. The van der Waals surface area contributed by atoms with Crippen molar-refractivity contribution in [1.82, 2.24) is 24.5 Å². The van der Waals surface area contributed by atoms with Crippen LogP contribution in [0.4, 0.5) is 4.39 Å². The van der Waals surface area contributed by atoms with Crippen LogP contribution in [-0.2, 0) is 0 Å². The van der Waals surface area contributed by atoms with E-state index in [4.69, 9.17) is 5.26 Å². The van der Waals surface area contributed by atoms with Crippen molar-refractivity contribution in [2.45, 2.75) is 0 Å². The monoisotopic (exact) mass is 358 g/mol. The minimum Gasteiger partial charge on any atom is -0.287 e. The number of halogens is 1. The zero-order valence-electron chi connectivity index (χ0n) is 13.8. The summed E-state index contributed by atoms with van der Waals surface area (Å²) in [5, 5.41) is 17.3. The lowest BCUT2D eigenvalue weighted by molar-refractivity contribution is 0.611. The Morgan fingerprint density at radius 2 is 1.93 bits per heavy atom. The number of hydrogen-bond acceptors (Lipinski definition) is 5. The molecule has 27 heavy (non-hydrogen) atoms. The highest BCUT2D eigenvalue weighted by Gasteiger charge is 2.15. The first-order chi connectivity index (χ1) is 13.2. The standard InChI is InChI=1S/C19H11FN6O/c20-15-3-1-2-4-16(15)26-17(7-9-23-26)19-18(27)8-10-25(24-19)14-6-5-13(11-21)22-12-14/h1-10,12H. The lowest BCUT2D eigenvalue weighted by Gasteiger charge is -2.10. The highest BCUT2D eigenvalue weighted by molar-refractivity contribution is 5.57. The first-order valence-electron chi connectivity index (χ1n) is 7.93. The minimum absolute atomic E-state index is 0.114. The molecule has 0 fully saturated rings. The molecule has 0 amide bonds. The van der Waals surface area contributed by atoms with Gasteiger partial charge in [-0.1, -0.05) is 12.1 Å². The molecule has 0 bridgehead atoms. The van der Waals surface area contributed by atoms with Crippen LogP contribution in [0, 0.1) is 17.1 Å². The first-order valence-corrected chi connectivity index (χ1v) is 7.93. The average molecular weight is 358 g/mol. The fraction of sp³-hybridized carbons (Fsp3) is 0. The number of para-hydroxylation sites is 1. The first kappa shape index (κ1) is 16.4. The maximum absolute atomic E-state index is 14.2. The third kappa shape index (κ3) is 2.98. The van der Waals surface area contributed by atoms with Crippen LogP contribution in [0.25, 0.3) is 22.8 Å². The van der Waals surface area contributed by atoms with E-state index >= 15 is 0 Å². The molecule has 0 aliphatic rings. The van der Waals surface area contributed by atoms with Gasteiger partial charge in [0, 0.05) is 12.3 Å². The largest absolute Gasteiger partial charge is 0.287 e. The molecule has 0 aliphatic carbocycles. The molecule has 0 saturated carbocycles. The summed E-state index contributed by atoms with van der Waals surface area (Å²) in [5.41, 5.74) is 1.22. The SMILES string of the molecule is N#Cc1ccc(-n2ccc(=O)c(-c3ccnn3-c3ccccc3F)n2)cn1. The van der Waals surface area contributed by atoms with E-state index in [0.29, 0.717) is 11.4 Å². The second-order valence-electron chi connectivity index (χ2n) is 5.57. The van der Waals surface area contributed by atoms with E-state index in [-0.39, 0.29) is 22.5 Å². The van der Waals surface area contributed by atoms with Crippen molar-refractivity contribution in [3.05, 3.63) is 88.9 Å². The molecule has 4 rings (SSSR count). The fourth-order valence-electron chi connectivity index (χ4n) is 2.61. The van der Waals surface area contributed by atoms with Gasteiger partial charge < -0.3 is 0 Å². The van der Waals surface area contributed by atoms with E-state index in [1.165, 1.54) is 40.1 Å². The van der Waals surface area contributed by atoms with Crippen molar-refractivity contribution in [2.24, 2.45) is 0 Å². The van der Waals surface area contributed by atoms with Gasteiger partial charge in [-0.25, -0.2) is 18.7 Å². The molecule has 0 radical (unpaired) electrons. The summed E-state index contributed by atoms with van der Waals surface area (Å²) in [6.07, 6.45) is 4.45. The van der Waals surface area contributed by atoms with Crippen molar-refractivity contribution in [3.63, 3.8) is 0 Å². The van der Waals surface area contributed by atoms with Crippen molar-refractivity contribution in [3.8, 4) is 28.8 Å². The van der Waals surface area contributed by atoms with E-state index in [2.05, 4.69) is 15.2 Å². The van der Waals surface area contributed by atoms with E-state index in [9.17, 15) is 9.18 Å². The molecule has 0 atom stereocenters. The van der Waals surface area contributed by atoms with Gasteiger partial charge in [0.2, 0.25) is 5.43 Å². The highest BCUT2D eigenvalue weighted by atomic mass is 19.1. The fourth-order valence-corrected chi connectivity index (χ4v) is 2.61. The predicted octanol–water partition coefficient (Wildman–Crippen LogP) is 2.49. The average Bonchev–Trinajstić information content (AvgIpc) is 3.18. The van der Waals surface area contributed by atoms with E-state index < -0.39 is 5.82 Å². The summed E-state index contributed by atoms with van der Waals surface area (Å²) in [5.74, 6) is -0.463. The summed E-state index contributed by atoms with van der Waals surface area (Å²) in [6, 6.07) is 14.3. The minimum atomic E-state index is -0.463.